The highest BCUT2D eigenvalue weighted by Gasteiger charge is 2.18. The number of benzene rings is 2. The van der Waals surface area contributed by atoms with Crippen molar-refractivity contribution >= 4 is 46.2 Å². The van der Waals surface area contributed by atoms with Crippen LogP contribution in [0.25, 0.3) is 32.3 Å². The Balaban J connectivity index is 1.57. The number of thiophene rings is 1. The van der Waals surface area contributed by atoms with E-state index in [4.69, 9.17) is 4.98 Å². The number of rotatable bonds is 6. The van der Waals surface area contributed by atoms with Crippen molar-refractivity contribution in [1.82, 2.24) is 9.97 Å². The number of aryl methyl sites for hydroxylation is 1. The Labute approximate surface area is 210 Å². The summed E-state index contributed by atoms with van der Waals surface area (Å²) in [5.74, 6) is 0.364. The van der Waals surface area contributed by atoms with Gasteiger partial charge in [-0.25, -0.2) is 9.97 Å². The fourth-order valence-corrected chi connectivity index (χ4v) is 5.70. The van der Waals surface area contributed by atoms with Crippen molar-refractivity contribution in [3.63, 3.8) is 0 Å². The number of nitrogens with zero attached hydrogens (tertiary/aromatic N) is 2. The number of hydrogen-bond donors (Lipinski definition) is 1. The van der Waals surface area contributed by atoms with Crippen molar-refractivity contribution in [3.05, 3.63) is 94.8 Å². The van der Waals surface area contributed by atoms with Crippen LogP contribution in [0.1, 0.15) is 15.2 Å². The van der Waals surface area contributed by atoms with Gasteiger partial charge in [-0.1, -0.05) is 42.0 Å². The molecule has 0 spiro atoms. The third kappa shape index (κ3) is 4.82. The van der Waals surface area contributed by atoms with Crippen LogP contribution >= 0.6 is 34.4 Å². The molecule has 0 saturated heterocycles. The lowest BCUT2D eigenvalue weighted by atomic mass is 10.1. The van der Waals surface area contributed by atoms with Gasteiger partial charge in [0.25, 0.3) is 5.91 Å². The maximum atomic E-state index is 12.5. The summed E-state index contributed by atoms with van der Waals surface area (Å²) in [6.45, 7) is 2.09. The highest BCUT2D eigenvalue weighted by atomic mass is 32.2. The number of thiazole rings is 1. The molecule has 168 valence electrons. The second kappa shape index (κ2) is 9.93. The molecule has 5 rings (SSSR count). The molecule has 7 heteroatoms. The standard InChI is InChI=1S/C27H21N3OS3/c1-17-5-3-6-19(15-17)24-25(34-27(30-24)18-8-10-21(32-2)11-9-18)20-12-13-28-23(16-20)29-26(31)22-7-4-14-33-22/h3-16H,1-2H3,(H,28,29,31). The van der Waals surface area contributed by atoms with E-state index in [2.05, 4.69) is 72.0 Å². The molecule has 3 aromatic heterocycles. The van der Waals surface area contributed by atoms with Crippen LogP contribution in [-0.4, -0.2) is 22.1 Å². The van der Waals surface area contributed by atoms with Crippen molar-refractivity contribution in [2.75, 3.05) is 11.6 Å². The van der Waals surface area contributed by atoms with Crippen LogP contribution < -0.4 is 5.32 Å². The number of nitrogens with one attached hydrogen (secondary N) is 1. The summed E-state index contributed by atoms with van der Waals surface area (Å²) in [5.41, 5.74) is 5.24. The topological polar surface area (TPSA) is 54.9 Å². The quantitative estimate of drug-likeness (QED) is 0.241. The fraction of sp³-hybridized carbons (Fsp3) is 0.0741. The highest BCUT2D eigenvalue weighted by Crippen LogP contribution is 2.41. The van der Waals surface area contributed by atoms with Crippen LogP contribution in [0.3, 0.4) is 0 Å². The van der Waals surface area contributed by atoms with Gasteiger partial charge in [0.05, 0.1) is 15.4 Å². The first-order chi connectivity index (χ1) is 16.6. The predicted molar refractivity (Wildman–Crippen MR) is 145 cm³/mol. The van der Waals surface area contributed by atoms with Gasteiger partial charge in [0.15, 0.2) is 0 Å². The Kier molecular flexibility index (Phi) is 6.58. The van der Waals surface area contributed by atoms with Crippen molar-refractivity contribution in [1.29, 1.82) is 0 Å². The molecule has 0 saturated carbocycles. The van der Waals surface area contributed by atoms with Gasteiger partial charge in [0.1, 0.15) is 10.8 Å². The van der Waals surface area contributed by atoms with Crippen LogP contribution in [0.15, 0.2) is 89.3 Å². The third-order valence-corrected chi connectivity index (χ3v) is 8.03. The van der Waals surface area contributed by atoms with E-state index in [1.807, 2.05) is 23.6 Å². The Morgan fingerprint density at radius 1 is 0.941 bits per heavy atom. The summed E-state index contributed by atoms with van der Waals surface area (Å²) in [7, 11) is 0. The molecular formula is C27H21N3OS3. The average molecular weight is 500 g/mol. The van der Waals surface area contributed by atoms with E-state index in [-0.39, 0.29) is 5.91 Å². The van der Waals surface area contributed by atoms with Gasteiger partial charge in [-0.05, 0) is 60.5 Å². The molecule has 2 aromatic carbocycles. The van der Waals surface area contributed by atoms with Gasteiger partial charge < -0.3 is 5.32 Å². The summed E-state index contributed by atoms with van der Waals surface area (Å²) in [6.07, 6.45) is 3.80. The van der Waals surface area contributed by atoms with Gasteiger partial charge in [-0.3, -0.25) is 4.79 Å². The monoisotopic (exact) mass is 499 g/mol. The van der Waals surface area contributed by atoms with Crippen LogP contribution in [0.4, 0.5) is 5.82 Å². The summed E-state index contributed by atoms with van der Waals surface area (Å²) in [5, 5.41) is 5.76. The first-order valence-electron chi connectivity index (χ1n) is 10.6. The molecule has 0 aliphatic carbocycles. The van der Waals surface area contributed by atoms with Crippen molar-refractivity contribution < 1.29 is 4.79 Å². The molecule has 0 atom stereocenters. The zero-order chi connectivity index (χ0) is 23.5. The number of anilines is 1. The number of thioether (sulfide) groups is 1. The Morgan fingerprint density at radius 2 is 1.79 bits per heavy atom. The molecule has 5 aromatic rings. The molecule has 3 heterocycles. The Bertz CT molecular complexity index is 1440. The number of pyridine rings is 1. The van der Waals surface area contributed by atoms with Crippen LogP contribution in [0.5, 0.6) is 0 Å². The summed E-state index contributed by atoms with van der Waals surface area (Å²) < 4.78 is 0. The zero-order valence-electron chi connectivity index (χ0n) is 18.6. The minimum absolute atomic E-state index is 0.155. The molecular weight excluding hydrogens is 479 g/mol. The molecule has 34 heavy (non-hydrogen) atoms. The second-order valence-corrected chi connectivity index (χ2v) is 10.5. The SMILES string of the molecule is CSc1ccc(-c2nc(-c3cccc(C)c3)c(-c3ccnc(NC(=O)c4cccs4)c3)s2)cc1. The normalized spacial score (nSPS) is 10.9. The van der Waals surface area contributed by atoms with Gasteiger partial charge in [-0.2, -0.15) is 0 Å². The van der Waals surface area contributed by atoms with E-state index in [0.29, 0.717) is 10.7 Å². The lowest BCUT2D eigenvalue weighted by Gasteiger charge is -2.07. The van der Waals surface area contributed by atoms with Crippen LogP contribution in [0, 0.1) is 6.92 Å². The van der Waals surface area contributed by atoms with Gasteiger partial charge in [0.2, 0.25) is 0 Å². The molecule has 0 bridgehead atoms. The van der Waals surface area contributed by atoms with E-state index in [1.54, 1.807) is 35.4 Å². The smallest absolute Gasteiger partial charge is 0.266 e. The number of aromatic nitrogens is 2. The van der Waals surface area contributed by atoms with E-state index in [0.717, 1.165) is 32.3 Å². The second-order valence-electron chi connectivity index (χ2n) is 7.66. The predicted octanol–water partition coefficient (Wildman–Crippen LogP) is 7.88. The molecule has 0 fully saturated rings. The molecule has 1 N–H and O–H groups in total. The van der Waals surface area contributed by atoms with E-state index in [9.17, 15) is 4.79 Å². The number of carbonyl (C=O) groups excluding carboxylic acids is 1. The van der Waals surface area contributed by atoms with E-state index >= 15 is 0 Å². The van der Waals surface area contributed by atoms with Crippen LogP contribution in [-0.2, 0) is 0 Å². The lowest BCUT2D eigenvalue weighted by molar-refractivity contribution is 0.103. The molecule has 1 amide bonds. The zero-order valence-corrected chi connectivity index (χ0v) is 21.1. The lowest BCUT2D eigenvalue weighted by Crippen LogP contribution is -2.11. The van der Waals surface area contributed by atoms with E-state index in [1.165, 1.54) is 21.8 Å². The van der Waals surface area contributed by atoms with E-state index < -0.39 is 0 Å². The van der Waals surface area contributed by atoms with Crippen molar-refractivity contribution in [2.24, 2.45) is 0 Å². The van der Waals surface area contributed by atoms with Gasteiger partial charge in [0, 0.05) is 22.2 Å². The largest absolute Gasteiger partial charge is 0.306 e. The fourth-order valence-electron chi connectivity index (χ4n) is 3.59. The summed E-state index contributed by atoms with van der Waals surface area (Å²) in [4.78, 5) is 24.9. The molecule has 0 aliphatic heterocycles. The molecule has 4 nitrogen and oxygen atoms in total. The number of carbonyl (C=O) groups is 1. The highest BCUT2D eigenvalue weighted by molar-refractivity contribution is 7.98. The summed E-state index contributed by atoms with van der Waals surface area (Å²) in [6, 6.07) is 24.4. The molecule has 0 aliphatic rings. The third-order valence-electron chi connectivity index (χ3n) is 5.26. The summed E-state index contributed by atoms with van der Waals surface area (Å²) >= 11 is 4.78. The van der Waals surface area contributed by atoms with Gasteiger partial charge in [-0.15, -0.1) is 34.4 Å². The minimum Gasteiger partial charge on any atom is -0.306 e. The molecule has 0 radical (unpaired) electrons. The number of amides is 1. The first-order valence-corrected chi connectivity index (χ1v) is 13.6. The first kappa shape index (κ1) is 22.5. The molecule has 0 unspecified atom stereocenters. The van der Waals surface area contributed by atoms with Crippen molar-refractivity contribution in [3.8, 4) is 32.3 Å². The Morgan fingerprint density at radius 3 is 2.53 bits per heavy atom. The average Bonchev–Trinajstić information content (AvgIpc) is 3.55. The van der Waals surface area contributed by atoms with Gasteiger partial charge >= 0.3 is 0 Å². The van der Waals surface area contributed by atoms with Crippen LogP contribution in [0.2, 0.25) is 0 Å². The minimum atomic E-state index is -0.155. The Hall–Kier alpha value is -3.26. The number of hydrogen-bond acceptors (Lipinski definition) is 6. The maximum Gasteiger partial charge on any atom is 0.266 e. The maximum absolute atomic E-state index is 12.5. The van der Waals surface area contributed by atoms with Crippen molar-refractivity contribution in [2.45, 2.75) is 11.8 Å².